The fourth-order valence-corrected chi connectivity index (χ4v) is 7.40. The minimum Gasteiger partial charge on any atom is -0.656 e. The molecule has 4 nitrogen and oxygen atoms in total. The molecule has 0 amide bonds. The van der Waals surface area contributed by atoms with E-state index in [0.29, 0.717) is 0 Å². The first kappa shape index (κ1) is 34.8. The van der Waals surface area contributed by atoms with Crippen molar-refractivity contribution in [3.8, 4) is 39.3 Å². The van der Waals surface area contributed by atoms with Crippen LogP contribution in [0.4, 0.5) is 0 Å². The third-order valence-corrected chi connectivity index (χ3v) is 10.3. The van der Waals surface area contributed by atoms with Gasteiger partial charge in [0.15, 0.2) is 0 Å². The van der Waals surface area contributed by atoms with Gasteiger partial charge in [0.25, 0.3) is 0 Å². The maximum atomic E-state index is 5.45. The fourth-order valence-electron chi connectivity index (χ4n) is 7.40. The van der Waals surface area contributed by atoms with Crippen LogP contribution in [0.25, 0.3) is 83.1 Å². The monoisotopic (exact) mass is 867 g/mol. The molecule has 0 aliphatic heterocycles. The van der Waals surface area contributed by atoms with E-state index in [1.807, 2.05) is 12.3 Å². The van der Waals surface area contributed by atoms with E-state index in [4.69, 9.17) is 15.0 Å². The van der Waals surface area contributed by atoms with Gasteiger partial charge in [-0.05, 0) is 85.1 Å². The Hall–Kier alpha value is -5.31. The van der Waals surface area contributed by atoms with E-state index < -0.39 is 0 Å². The first-order valence-electron chi connectivity index (χ1n) is 18.0. The predicted octanol–water partition coefficient (Wildman–Crippen LogP) is 12.2. The molecular weight excluding hydrogens is 828 g/mol. The molecule has 0 aliphatic rings. The molecule has 9 rings (SSSR count). The molecule has 9 aromatic rings. The van der Waals surface area contributed by atoms with Gasteiger partial charge >= 0.3 is 21.1 Å². The summed E-state index contributed by atoms with van der Waals surface area (Å²) in [5, 5.41) is 4.65. The Bertz CT molecular complexity index is 2760. The molecule has 0 fully saturated rings. The third-order valence-electron chi connectivity index (χ3n) is 10.3. The van der Waals surface area contributed by atoms with E-state index in [0.717, 1.165) is 66.9 Å². The predicted molar refractivity (Wildman–Crippen MR) is 217 cm³/mol. The van der Waals surface area contributed by atoms with E-state index in [2.05, 4.69) is 174 Å². The summed E-state index contributed by atoms with van der Waals surface area (Å²) >= 11 is 0. The van der Waals surface area contributed by atoms with E-state index in [9.17, 15) is 0 Å². The van der Waals surface area contributed by atoms with Crippen LogP contribution in [0, 0.1) is 6.07 Å². The molecule has 0 saturated carbocycles. The zero-order valence-corrected chi connectivity index (χ0v) is 33.1. The molecule has 0 N–H and O–H groups in total. The number of nitrogens with zero attached hydrogens (tertiary/aromatic N) is 4. The Balaban J connectivity index is 0.00000400. The molecule has 0 spiro atoms. The number of para-hydroxylation sites is 1. The summed E-state index contributed by atoms with van der Waals surface area (Å²) < 4.78 is 2.21. The topological polar surface area (TPSA) is 44.8 Å². The van der Waals surface area contributed by atoms with Crippen molar-refractivity contribution < 1.29 is 21.1 Å². The van der Waals surface area contributed by atoms with Crippen molar-refractivity contribution >= 4 is 43.7 Å². The van der Waals surface area contributed by atoms with Crippen molar-refractivity contribution in [1.29, 1.82) is 0 Å². The molecule has 0 atom stereocenters. The van der Waals surface area contributed by atoms with Crippen molar-refractivity contribution in [3.05, 3.63) is 151 Å². The van der Waals surface area contributed by atoms with E-state index in [1.54, 1.807) is 0 Å². The van der Waals surface area contributed by atoms with Crippen molar-refractivity contribution in [2.45, 2.75) is 52.4 Å². The molecule has 0 unspecified atom stereocenters. The molecule has 53 heavy (non-hydrogen) atoms. The summed E-state index contributed by atoms with van der Waals surface area (Å²) in [6, 6.07) is 49.1. The smallest absolute Gasteiger partial charge is 0.656 e. The minimum atomic E-state index is -0.0769. The largest absolute Gasteiger partial charge is 2.00 e. The number of rotatable bonds is 4. The second-order valence-corrected chi connectivity index (χ2v) is 15.9. The van der Waals surface area contributed by atoms with Gasteiger partial charge in [0.2, 0.25) is 0 Å². The standard InChI is InChI=1S/C48H40N4.Pt/c1-47(2,3)33-21-22-41-38(27-33)39-28-34(48(4,5)6)29-40(45(39)51-41)43-26-32(30-14-8-7-9-15-30)25-42(50-43)31-16-12-17-35(24-31)52-44-20-11-10-18-36(44)37-19-13-23-49-46(37)52;/h7-23,25-29H,1-6H3;/q-2;+2. The molecular formula is C48H40N4Pt. The van der Waals surface area contributed by atoms with Crippen LogP contribution in [0.1, 0.15) is 52.7 Å². The Labute approximate surface area is 325 Å². The number of hydrogen-bond donors (Lipinski definition) is 0. The maximum absolute atomic E-state index is 5.45. The van der Waals surface area contributed by atoms with Gasteiger partial charge in [-0.3, -0.25) is 4.98 Å². The quantitative estimate of drug-likeness (QED) is 0.166. The van der Waals surface area contributed by atoms with Gasteiger partial charge in [-0.15, -0.1) is 40.9 Å². The van der Waals surface area contributed by atoms with Crippen LogP contribution in [-0.2, 0) is 31.9 Å². The van der Waals surface area contributed by atoms with Crippen LogP contribution in [0.15, 0.2) is 134 Å². The van der Waals surface area contributed by atoms with Gasteiger partial charge in [0.1, 0.15) is 5.65 Å². The summed E-state index contributed by atoms with van der Waals surface area (Å²) in [6.07, 6.45) is 1.86. The van der Waals surface area contributed by atoms with Crippen molar-refractivity contribution in [2.24, 2.45) is 0 Å². The Kier molecular flexibility index (Phi) is 8.50. The number of aromatic nitrogens is 4. The molecule has 0 aliphatic carbocycles. The van der Waals surface area contributed by atoms with Gasteiger partial charge in [0.05, 0.1) is 11.2 Å². The second kappa shape index (κ2) is 13.0. The van der Waals surface area contributed by atoms with Crippen molar-refractivity contribution in [2.75, 3.05) is 0 Å². The summed E-state index contributed by atoms with van der Waals surface area (Å²) in [7, 11) is 0. The molecule has 0 bridgehead atoms. The Morgan fingerprint density at radius 2 is 1.30 bits per heavy atom. The molecule has 0 radical (unpaired) electrons. The average Bonchev–Trinajstić information content (AvgIpc) is 3.69. The maximum Gasteiger partial charge on any atom is 2.00 e. The molecule has 4 aromatic heterocycles. The van der Waals surface area contributed by atoms with Gasteiger partial charge < -0.3 is 9.55 Å². The number of hydrogen-bond acceptors (Lipinski definition) is 2. The zero-order valence-electron chi connectivity index (χ0n) is 30.8. The van der Waals surface area contributed by atoms with Gasteiger partial charge in [-0.1, -0.05) is 126 Å². The average molecular weight is 868 g/mol. The summed E-state index contributed by atoms with van der Waals surface area (Å²) in [5.74, 6) is 0. The molecule has 5 aromatic carbocycles. The summed E-state index contributed by atoms with van der Waals surface area (Å²) in [6.45, 7) is 13.6. The number of pyridine rings is 2. The Morgan fingerprint density at radius 3 is 2.09 bits per heavy atom. The molecule has 262 valence electrons. The molecule has 5 heteroatoms. The van der Waals surface area contributed by atoms with Crippen LogP contribution in [0.3, 0.4) is 0 Å². The number of benzene rings is 5. The van der Waals surface area contributed by atoms with Crippen LogP contribution < -0.4 is 4.98 Å². The first-order chi connectivity index (χ1) is 25.0. The fraction of sp³-hybridized carbons (Fsp3) is 0.167. The summed E-state index contributed by atoms with van der Waals surface area (Å²) in [5.41, 5.74) is 13.4. The van der Waals surface area contributed by atoms with E-state index in [1.165, 1.54) is 27.3 Å². The first-order valence-corrected chi connectivity index (χ1v) is 18.0. The summed E-state index contributed by atoms with van der Waals surface area (Å²) in [4.78, 5) is 15.6. The minimum absolute atomic E-state index is 0. The molecule has 0 saturated heterocycles. The van der Waals surface area contributed by atoms with Gasteiger partial charge in [-0.2, -0.15) is 0 Å². The Morgan fingerprint density at radius 1 is 0.585 bits per heavy atom. The van der Waals surface area contributed by atoms with Crippen LogP contribution >= 0.6 is 0 Å². The van der Waals surface area contributed by atoms with Crippen LogP contribution in [0.2, 0.25) is 0 Å². The number of fused-ring (bicyclic) bond motifs is 6. The van der Waals surface area contributed by atoms with Crippen molar-refractivity contribution in [3.63, 3.8) is 0 Å². The van der Waals surface area contributed by atoms with E-state index >= 15 is 0 Å². The van der Waals surface area contributed by atoms with Gasteiger partial charge in [-0.25, -0.2) is 4.98 Å². The van der Waals surface area contributed by atoms with E-state index in [-0.39, 0.29) is 31.9 Å². The van der Waals surface area contributed by atoms with Crippen molar-refractivity contribution in [1.82, 2.24) is 19.5 Å². The molecule has 4 heterocycles. The second-order valence-electron chi connectivity index (χ2n) is 15.9. The third kappa shape index (κ3) is 6.09. The SMILES string of the molecule is CC(C)(C)c1ccc2[n-]c3c(-c4cc(-c5ccccc5)cc(-c5[c-]c(-n6c7ccccc7c7cccnc76)ccc5)n4)cc(C(C)(C)C)cc3c2c1.[Pt+2]. The van der Waals surface area contributed by atoms with Crippen LogP contribution in [0.5, 0.6) is 0 Å². The zero-order chi connectivity index (χ0) is 35.8. The normalized spacial score (nSPS) is 12.2. The van der Waals surface area contributed by atoms with Crippen LogP contribution in [-0.4, -0.2) is 14.5 Å². The van der Waals surface area contributed by atoms with Gasteiger partial charge in [0, 0.05) is 17.0 Å².